The van der Waals surface area contributed by atoms with Gasteiger partial charge in [0.05, 0.1) is 12.5 Å². The van der Waals surface area contributed by atoms with E-state index in [4.69, 9.17) is 0 Å². The van der Waals surface area contributed by atoms with Crippen molar-refractivity contribution in [2.45, 2.75) is 19.4 Å². The van der Waals surface area contributed by atoms with Crippen molar-refractivity contribution >= 4 is 37.8 Å². The van der Waals surface area contributed by atoms with Crippen LogP contribution < -0.4 is 5.32 Å². The van der Waals surface area contributed by atoms with Gasteiger partial charge in [0, 0.05) is 8.95 Å². The predicted molar refractivity (Wildman–Crippen MR) is 88.5 cm³/mol. The molecule has 0 aliphatic carbocycles. The fraction of sp³-hybridized carbons (Fsp3) is 0.188. The van der Waals surface area contributed by atoms with Gasteiger partial charge in [-0.05, 0) is 36.2 Å². The molecule has 1 N–H and O–H groups in total. The third kappa shape index (κ3) is 4.18. The van der Waals surface area contributed by atoms with E-state index in [2.05, 4.69) is 37.2 Å². The van der Waals surface area contributed by atoms with Crippen molar-refractivity contribution in [1.82, 2.24) is 5.32 Å². The second kappa shape index (κ2) is 7.04. The number of nitrogens with one attached hydrogen (secondary N) is 1. The molecule has 0 aromatic heterocycles. The van der Waals surface area contributed by atoms with Gasteiger partial charge >= 0.3 is 0 Å². The lowest BCUT2D eigenvalue weighted by Crippen LogP contribution is -2.28. The van der Waals surface area contributed by atoms with Crippen molar-refractivity contribution in [3.05, 3.63) is 68.6 Å². The van der Waals surface area contributed by atoms with Crippen LogP contribution in [0.15, 0.2) is 57.5 Å². The van der Waals surface area contributed by atoms with Crippen LogP contribution in [-0.2, 0) is 11.2 Å². The van der Waals surface area contributed by atoms with Gasteiger partial charge in [0.2, 0.25) is 5.91 Å². The maximum absolute atomic E-state index is 12.1. The molecule has 2 rings (SSSR count). The van der Waals surface area contributed by atoms with E-state index in [0.717, 1.165) is 20.1 Å². The molecule has 0 saturated carbocycles. The zero-order chi connectivity index (χ0) is 14.5. The number of hydrogen-bond acceptors (Lipinski definition) is 1. The van der Waals surface area contributed by atoms with Crippen LogP contribution in [0.25, 0.3) is 0 Å². The van der Waals surface area contributed by atoms with Crippen molar-refractivity contribution in [2.75, 3.05) is 0 Å². The molecule has 0 radical (unpaired) electrons. The largest absolute Gasteiger partial charge is 0.349 e. The van der Waals surface area contributed by atoms with E-state index in [-0.39, 0.29) is 11.9 Å². The number of carbonyl (C=O) groups is 1. The summed E-state index contributed by atoms with van der Waals surface area (Å²) < 4.78 is 2.03. The lowest BCUT2D eigenvalue weighted by Gasteiger charge is -2.16. The van der Waals surface area contributed by atoms with Gasteiger partial charge in [-0.1, -0.05) is 62.2 Å². The van der Waals surface area contributed by atoms with Gasteiger partial charge in [-0.15, -0.1) is 0 Å². The molecule has 2 aromatic rings. The topological polar surface area (TPSA) is 29.1 Å². The highest BCUT2D eigenvalue weighted by Crippen LogP contribution is 2.22. The minimum Gasteiger partial charge on any atom is -0.349 e. The van der Waals surface area contributed by atoms with Crippen molar-refractivity contribution in [1.29, 1.82) is 0 Å². The molecule has 2 aromatic carbocycles. The van der Waals surface area contributed by atoms with Gasteiger partial charge in [0.25, 0.3) is 0 Å². The summed E-state index contributed by atoms with van der Waals surface area (Å²) in [6, 6.07) is 15.7. The smallest absolute Gasteiger partial charge is 0.224 e. The summed E-state index contributed by atoms with van der Waals surface area (Å²) >= 11 is 6.89. The highest BCUT2D eigenvalue weighted by Gasteiger charge is 2.12. The number of rotatable bonds is 4. The normalized spacial score (nSPS) is 11.9. The van der Waals surface area contributed by atoms with Gasteiger partial charge in [-0.25, -0.2) is 0 Å². The SMILES string of the molecule is C[C@@H](NC(=O)Cc1ccc(Br)cc1)c1ccccc1Br. The molecule has 0 bridgehead atoms. The number of halogens is 2. The van der Waals surface area contributed by atoms with Gasteiger partial charge in [0.15, 0.2) is 0 Å². The summed E-state index contributed by atoms with van der Waals surface area (Å²) in [6.07, 6.45) is 0.391. The molecular formula is C16H15Br2NO. The zero-order valence-electron chi connectivity index (χ0n) is 11.1. The molecule has 1 atom stereocenters. The highest BCUT2D eigenvalue weighted by molar-refractivity contribution is 9.10. The van der Waals surface area contributed by atoms with E-state index >= 15 is 0 Å². The van der Waals surface area contributed by atoms with Crippen LogP contribution in [-0.4, -0.2) is 5.91 Å². The Labute approximate surface area is 135 Å². The third-order valence-electron chi connectivity index (χ3n) is 3.03. The van der Waals surface area contributed by atoms with Crippen molar-refractivity contribution < 1.29 is 4.79 Å². The highest BCUT2D eigenvalue weighted by atomic mass is 79.9. The molecule has 0 spiro atoms. The minimum absolute atomic E-state index is 0.0199. The number of carbonyl (C=O) groups excluding carboxylic acids is 1. The number of amides is 1. The first-order valence-corrected chi connectivity index (χ1v) is 7.93. The Kier molecular flexibility index (Phi) is 5.38. The Bertz CT molecular complexity index is 596. The lowest BCUT2D eigenvalue weighted by molar-refractivity contribution is -0.121. The van der Waals surface area contributed by atoms with Crippen LogP contribution >= 0.6 is 31.9 Å². The molecule has 0 heterocycles. The van der Waals surface area contributed by atoms with Gasteiger partial charge in [-0.2, -0.15) is 0 Å². The van der Waals surface area contributed by atoms with E-state index < -0.39 is 0 Å². The monoisotopic (exact) mass is 395 g/mol. The molecule has 4 heteroatoms. The summed E-state index contributed by atoms with van der Waals surface area (Å²) in [6.45, 7) is 1.99. The molecule has 0 unspecified atom stereocenters. The Morgan fingerprint density at radius 3 is 2.40 bits per heavy atom. The molecule has 104 valence electrons. The van der Waals surface area contributed by atoms with Gasteiger partial charge < -0.3 is 5.32 Å². The van der Waals surface area contributed by atoms with Crippen molar-refractivity contribution in [2.24, 2.45) is 0 Å². The second-order valence-electron chi connectivity index (χ2n) is 4.61. The fourth-order valence-electron chi connectivity index (χ4n) is 1.98. The Hall–Kier alpha value is -1.13. The van der Waals surface area contributed by atoms with Crippen molar-refractivity contribution in [3.63, 3.8) is 0 Å². The third-order valence-corrected chi connectivity index (χ3v) is 4.28. The van der Waals surface area contributed by atoms with Crippen LogP contribution in [0.4, 0.5) is 0 Å². The number of hydrogen-bond donors (Lipinski definition) is 1. The average molecular weight is 397 g/mol. The molecule has 20 heavy (non-hydrogen) atoms. The lowest BCUT2D eigenvalue weighted by atomic mass is 10.1. The fourth-order valence-corrected chi connectivity index (χ4v) is 2.88. The van der Waals surface area contributed by atoms with Crippen molar-refractivity contribution in [3.8, 4) is 0 Å². The van der Waals surface area contributed by atoms with Crippen LogP contribution in [0.1, 0.15) is 24.1 Å². The molecule has 0 aliphatic heterocycles. The molecule has 0 aliphatic rings. The van der Waals surface area contributed by atoms with Crippen LogP contribution in [0.5, 0.6) is 0 Å². The maximum Gasteiger partial charge on any atom is 0.224 e. The summed E-state index contributed by atoms with van der Waals surface area (Å²) in [5.41, 5.74) is 2.08. The van der Waals surface area contributed by atoms with E-state index in [1.807, 2.05) is 55.5 Å². The quantitative estimate of drug-likeness (QED) is 0.801. The zero-order valence-corrected chi connectivity index (χ0v) is 14.2. The molecule has 0 saturated heterocycles. The minimum atomic E-state index is -0.0199. The Morgan fingerprint density at radius 1 is 1.10 bits per heavy atom. The summed E-state index contributed by atoms with van der Waals surface area (Å²) in [4.78, 5) is 12.1. The van der Waals surface area contributed by atoms with E-state index in [1.54, 1.807) is 0 Å². The maximum atomic E-state index is 12.1. The number of benzene rings is 2. The van der Waals surface area contributed by atoms with E-state index in [0.29, 0.717) is 6.42 Å². The van der Waals surface area contributed by atoms with E-state index in [1.165, 1.54) is 0 Å². The standard InChI is InChI=1S/C16H15Br2NO/c1-11(14-4-2-3-5-15(14)18)19-16(20)10-12-6-8-13(17)9-7-12/h2-9,11H,10H2,1H3,(H,19,20)/t11-/m1/s1. The average Bonchev–Trinajstić information content (AvgIpc) is 2.41. The van der Waals surface area contributed by atoms with Gasteiger partial charge in [-0.3, -0.25) is 4.79 Å². The second-order valence-corrected chi connectivity index (χ2v) is 6.38. The first-order chi connectivity index (χ1) is 9.56. The van der Waals surface area contributed by atoms with Crippen LogP contribution in [0.3, 0.4) is 0 Å². The van der Waals surface area contributed by atoms with Crippen LogP contribution in [0, 0.1) is 0 Å². The first kappa shape index (κ1) is 15.3. The van der Waals surface area contributed by atoms with E-state index in [9.17, 15) is 4.79 Å². The summed E-state index contributed by atoms with van der Waals surface area (Å²) in [5.74, 6) is 0.0237. The first-order valence-electron chi connectivity index (χ1n) is 6.34. The molecule has 1 amide bonds. The van der Waals surface area contributed by atoms with Crippen LogP contribution in [0.2, 0.25) is 0 Å². The molecule has 0 fully saturated rings. The Balaban J connectivity index is 1.98. The summed E-state index contributed by atoms with van der Waals surface area (Å²) in [5, 5.41) is 3.02. The van der Waals surface area contributed by atoms with Gasteiger partial charge in [0.1, 0.15) is 0 Å². The predicted octanol–water partition coefficient (Wildman–Crippen LogP) is 4.63. The molecular weight excluding hydrogens is 382 g/mol. The molecule has 2 nitrogen and oxygen atoms in total. The summed E-state index contributed by atoms with van der Waals surface area (Å²) in [7, 11) is 0. The Morgan fingerprint density at radius 2 is 1.75 bits per heavy atom.